The first-order valence-corrected chi connectivity index (χ1v) is 5.47. The highest BCUT2D eigenvalue weighted by atomic mass is 16.4. The Kier molecular flexibility index (Phi) is 4.45. The van der Waals surface area contributed by atoms with Gasteiger partial charge in [-0.3, -0.25) is 14.4 Å². The number of hydrogen-bond acceptors (Lipinski definition) is 4. The van der Waals surface area contributed by atoms with Gasteiger partial charge in [-0.25, -0.2) is 0 Å². The van der Waals surface area contributed by atoms with Crippen LogP contribution in [0.1, 0.15) is 19.3 Å². The van der Waals surface area contributed by atoms with Crippen LogP contribution < -0.4 is 11.5 Å². The summed E-state index contributed by atoms with van der Waals surface area (Å²) in [6.45, 7) is 0.635. The number of amides is 2. The third-order valence-electron chi connectivity index (χ3n) is 2.82. The molecule has 0 aromatic carbocycles. The van der Waals surface area contributed by atoms with Crippen molar-refractivity contribution in [1.82, 2.24) is 4.90 Å². The predicted octanol–water partition coefficient (Wildman–Crippen LogP) is -1.49. The van der Waals surface area contributed by atoms with Crippen LogP contribution >= 0.6 is 0 Å². The van der Waals surface area contributed by atoms with Crippen LogP contribution in [-0.4, -0.2) is 46.9 Å². The summed E-state index contributed by atoms with van der Waals surface area (Å²) in [6.07, 6.45) is 0.975. The van der Waals surface area contributed by atoms with E-state index in [0.717, 1.165) is 0 Å². The lowest BCUT2D eigenvalue weighted by Crippen LogP contribution is -2.50. The molecule has 0 saturated carbocycles. The van der Waals surface area contributed by atoms with Crippen molar-refractivity contribution in [3.05, 3.63) is 0 Å². The third kappa shape index (κ3) is 3.70. The van der Waals surface area contributed by atoms with Crippen LogP contribution in [0.2, 0.25) is 0 Å². The lowest BCUT2D eigenvalue weighted by atomic mass is 9.97. The molecule has 1 heterocycles. The van der Waals surface area contributed by atoms with Crippen molar-refractivity contribution >= 4 is 17.8 Å². The maximum atomic E-state index is 11.8. The molecule has 1 aliphatic heterocycles. The summed E-state index contributed by atoms with van der Waals surface area (Å²) in [7, 11) is 0. The van der Waals surface area contributed by atoms with E-state index in [1.165, 1.54) is 4.90 Å². The fourth-order valence-corrected chi connectivity index (χ4v) is 1.92. The van der Waals surface area contributed by atoms with Crippen LogP contribution in [0.3, 0.4) is 0 Å². The zero-order valence-electron chi connectivity index (χ0n) is 9.46. The second kappa shape index (κ2) is 5.62. The highest BCUT2D eigenvalue weighted by molar-refractivity contribution is 5.88. The van der Waals surface area contributed by atoms with Crippen LogP contribution in [0.25, 0.3) is 0 Å². The van der Waals surface area contributed by atoms with Crippen LogP contribution in [0.5, 0.6) is 0 Å². The smallest absolute Gasteiger partial charge is 0.308 e. The number of piperidine rings is 1. The molecule has 2 amide bonds. The summed E-state index contributed by atoms with van der Waals surface area (Å²) in [6, 6.07) is -0.972. The predicted molar refractivity (Wildman–Crippen MR) is 58.7 cm³/mol. The molecule has 1 aliphatic rings. The van der Waals surface area contributed by atoms with Gasteiger partial charge in [-0.15, -0.1) is 0 Å². The van der Waals surface area contributed by atoms with Crippen LogP contribution in [0, 0.1) is 5.92 Å². The van der Waals surface area contributed by atoms with E-state index in [4.69, 9.17) is 16.6 Å². The number of hydrogen-bond donors (Lipinski definition) is 3. The standard InChI is InChI=1S/C10H17N3O4/c11-7(4-8(12)14)9(15)13-3-1-2-6(5-13)10(16)17/h6-7H,1-5,11H2,(H2,12,14)(H,16,17). The minimum atomic E-state index is -0.972. The Morgan fingerprint density at radius 1 is 1.41 bits per heavy atom. The van der Waals surface area contributed by atoms with Gasteiger partial charge in [0.05, 0.1) is 18.4 Å². The maximum absolute atomic E-state index is 11.8. The van der Waals surface area contributed by atoms with Crippen molar-refractivity contribution in [3.63, 3.8) is 0 Å². The summed E-state index contributed by atoms with van der Waals surface area (Å²) >= 11 is 0. The Labute approximate surface area is 98.7 Å². The molecule has 7 heteroatoms. The van der Waals surface area contributed by atoms with Crippen molar-refractivity contribution in [2.75, 3.05) is 13.1 Å². The number of carboxylic acids is 1. The van der Waals surface area contributed by atoms with Gasteiger partial charge in [-0.2, -0.15) is 0 Å². The lowest BCUT2D eigenvalue weighted by molar-refractivity contribution is -0.146. The minimum Gasteiger partial charge on any atom is -0.481 e. The molecule has 96 valence electrons. The number of carboxylic acid groups (broad SMARTS) is 1. The summed E-state index contributed by atoms with van der Waals surface area (Å²) in [5, 5.41) is 8.88. The first-order chi connectivity index (χ1) is 7.91. The van der Waals surface area contributed by atoms with E-state index in [1.807, 2.05) is 0 Å². The van der Waals surface area contributed by atoms with Gasteiger partial charge in [0.2, 0.25) is 11.8 Å². The van der Waals surface area contributed by atoms with Gasteiger partial charge in [-0.05, 0) is 12.8 Å². The number of carbonyl (C=O) groups is 3. The molecular weight excluding hydrogens is 226 g/mol. The molecule has 5 N–H and O–H groups in total. The fourth-order valence-electron chi connectivity index (χ4n) is 1.92. The first-order valence-electron chi connectivity index (χ1n) is 5.47. The quantitative estimate of drug-likeness (QED) is 0.554. The number of likely N-dealkylation sites (tertiary alicyclic amines) is 1. The van der Waals surface area contributed by atoms with Crippen molar-refractivity contribution in [2.45, 2.75) is 25.3 Å². The summed E-state index contributed by atoms with van der Waals surface area (Å²) < 4.78 is 0. The Bertz CT molecular complexity index is 332. The highest BCUT2D eigenvalue weighted by Crippen LogP contribution is 2.17. The molecule has 0 bridgehead atoms. The molecule has 2 unspecified atom stereocenters. The Morgan fingerprint density at radius 3 is 2.59 bits per heavy atom. The molecule has 1 rings (SSSR count). The topological polar surface area (TPSA) is 127 Å². The second-order valence-electron chi connectivity index (χ2n) is 4.24. The fraction of sp³-hybridized carbons (Fsp3) is 0.700. The van der Waals surface area contributed by atoms with Crippen LogP contribution in [0.4, 0.5) is 0 Å². The summed E-state index contributed by atoms with van der Waals surface area (Å²) in [5.41, 5.74) is 10.5. The van der Waals surface area contributed by atoms with E-state index in [0.29, 0.717) is 19.4 Å². The molecule has 0 aromatic rings. The number of rotatable bonds is 4. The van der Waals surface area contributed by atoms with Gasteiger partial charge >= 0.3 is 5.97 Å². The second-order valence-corrected chi connectivity index (χ2v) is 4.24. The average Bonchev–Trinajstić information content (AvgIpc) is 2.27. The van der Waals surface area contributed by atoms with Crippen molar-refractivity contribution < 1.29 is 19.5 Å². The van der Waals surface area contributed by atoms with Crippen molar-refractivity contribution in [1.29, 1.82) is 0 Å². The molecule has 1 saturated heterocycles. The molecular formula is C10H17N3O4. The largest absolute Gasteiger partial charge is 0.481 e. The van der Waals surface area contributed by atoms with Gasteiger partial charge in [-0.1, -0.05) is 0 Å². The molecule has 0 aromatic heterocycles. The van der Waals surface area contributed by atoms with Gasteiger partial charge in [0, 0.05) is 13.1 Å². The molecule has 0 aliphatic carbocycles. The maximum Gasteiger partial charge on any atom is 0.308 e. The normalized spacial score (nSPS) is 21.9. The van der Waals surface area contributed by atoms with Gasteiger partial charge < -0.3 is 21.5 Å². The molecule has 7 nitrogen and oxygen atoms in total. The van der Waals surface area contributed by atoms with Gasteiger partial charge in [0.15, 0.2) is 0 Å². The Hall–Kier alpha value is -1.63. The van der Waals surface area contributed by atoms with E-state index < -0.39 is 29.7 Å². The first kappa shape index (κ1) is 13.4. The minimum absolute atomic E-state index is 0.153. The molecule has 17 heavy (non-hydrogen) atoms. The van der Waals surface area contributed by atoms with Crippen molar-refractivity contribution in [3.8, 4) is 0 Å². The summed E-state index contributed by atoms with van der Waals surface area (Å²) in [5.74, 6) is -2.51. The zero-order valence-corrected chi connectivity index (χ0v) is 9.46. The van der Waals surface area contributed by atoms with E-state index in [9.17, 15) is 14.4 Å². The summed E-state index contributed by atoms with van der Waals surface area (Å²) in [4.78, 5) is 34.7. The van der Waals surface area contributed by atoms with Crippen molar-refractivity contribution in [2.24, 2.45) is 17.4 Å². The van der Waals surface area contributed by atoms with Gasteiger partial charge in [0.25, 0.3) is 0 Å². The van der Waals surface area contributed by atoms with Crippen LogP contribution in [-0.2, 0) is 14.4 Å². The Balaban J connectivity index is 2.57. The monoisotopic (exact) mass is 243 g/mol. The van der Waals surface area contributed by atoms with E-state index in [1.54, 1.807) is 0 Å². The molecule has 0 spiro atoms. The SMILES string of the molecule is NC(=O)CC(N)C(=O)N1CCCC(C(=O)O)C1. The lowest BCUT2D eigenvalue weighted by Gasteiger charge is -2.32. The molecule has 0 radical (unpaired) electrons. The number of aliphatic carboxylic acids is 1. The zero-order chi connectivity index (χ0) is 13.0. The van der Waals surface area contributed by atoms with E-state index >= 15 is 0 Å². The number of nitrogens with two attached hydrogens (primary N) is 2. The number of carbonyl (C=O) groups excluding carboxylic acids is 2. The molecule has 2 atom stereocenters. The van der Waals surface area contributed by atoms with Gasteiger partial charge in [0.1, 0.15) is 0 Å². The number of primary amides is 1. The van der Waals surface area contributed by atoms with E-state index in [-0.39, 0.29) is 13.0 Å². The Morgan fingerprint density at radius 2 is 2.06 bits per heavy atom. The average molecular weight is 243 g/mol. The van der Waals surface area contributed by atoms with Crippen LogP contribution in [0.15, 0.2) is 0 Å². The number of nitrogens with zero attached hydrogens (tertiary/aromatic N) is 1. The van der Waals surface area contributed by atoms with E-state index in [2.05, 4.69) is 0 Å². The highest BCUT2D eigenvalue weighted by Gasteiger charge is 2.30. The molecule has 1 fully saturated rings. The third-order valence-corrected chi connectivity index (χ3v) is 2.82.